The molecule has 2 heterocycles. The van der Waals surface area contributed by atoms with Crippen molar-refractivity contribution in [3.05, 3.63) is 86.6 Å². The summed E-state index contributed by atoms with van der Waals surface area (Å²) in [6, 6.07) is 14.3. The molecule has 8 heteroatoms. The highest BCUT2D eigenvalue weighted by Gasteiger charge is 2.27. The lowest BCUT2D eigenvalue weighted by Crippen LogP contribution is -2.29. The molecule has 150 valence electrons. The summed E-state index contributed by atoms with van der Waals surface area (Å²) in [4.78, 5) is 13.0. The summed E-state index contributed by atoms with van der Waals surface area (Å²) < 4.78 is 25.2. The zero-order valence-corrected chi connectivity index (χ0v) is 18.0. The Morgan fingerprint density at radius 1 is 1.14 bits per heavy atom. The molecule has 1 amide bonds. The highest BCUT2D eigenvalue weighted by molar-refractivity contribution is 7.92. The van der Waals surface area contributed by atoms with E-state index < -0.39 is 10.0 Å². The van der Waals surface area contributed by atoms with Crippen molar-refractivity contribution in [2.24, 2.45) is 0 Å². The Morgan fingerprint density at radius 3 is 2.55 bits per heavy atom. The summed E-state index contributed by atoms with van der Waals surface area (Å²) in [7, 11) is -3.31. The zero-order chi connectivity index (χ0) is 20.6. The first-order valence-electron chi connectivity index (χ1n) is 9.02. The predicted molar refractivity (Wildman–Crippen MR) is 117 cm³/mol. The van der Waals surface area contributed by atoms with Gasteiger partial charge < -0.3 is 5.32 Å². The lowest BCUT2D eigenvalue weighted by atomic mass is 10.0. The minimum atomic E-state index is -3.31. The first-order chi connectivity index (χ1) is 13.8. The van der Waals surface area contributed by atoms with Crippen molar-refractivity contribution in [3.63, 3.8) is 0 Å². The molecule has 0 radical (unpaired) electrons. The van der Waals surface area contributed by atoms with Crippen LogP contribution in [0.1, 0.15) is 33.1 Å². The van der Waals surface area contributed by atoms with E-state index in [1.807, 2.05) is 29.0 Å². The monoisotopic (exact) mass is 446 g/mol. The first kappa shape index (κ1) is 19.9. The molecule has 0 fully saturated rings. The molecule has 3 aromatic rings. The Balaban J connectivity index is 1.61. The fourth-order valence-electron chi connectivity index (χ4n) is 3.53. The number of fused-ring (bicyclic) bond motifs is 1. The van der Waals surface area contributed by atoms with Crippen LogP contribution in [0, 0.1) is 0 Å². The molecule has 1 aromatic heterocycles. The number of carbonyl (C=O) groups excluding carboxylic acids is 1. The molecule has 0 aliphatic carbocycles. The lowest BCUT2D eigenvalue weighted by molar-refractivity contribution is 0.0943. The second-order valence-corrected chi connectivity index (χ2v) is 10.1. The average Bonchev–Trinajstić information content (AvgIpc) is 3.35. The van der Waals surface area contributed by atoms with Crippen LogP contribution in [-0.4, -0.2) is 27.1 Å². The van der Waals surface area contributed by atoms with Crippen LogP contribution in [0.4, 0.5) is 5.69 Å². The standard InChI is InChI=1S/C21H19ClN2O3S2/c1-29(26,27)24-10-8-15-12-16(4-7-19(15)24)21(25)23-20(17-9-11-28-13-17)14-2-5-18(22)6-3-14/h2-7,9,11-13,20H,8,10H2,1H3,(H,23,25). The van der Waals surface area contributed by atoms with E-state index in [1.54, 1.807) is 41.7 Å². The highest BCUT2D eigenvalue weighted by atomic mass is 35.5. The maximum absolute atomic E-state index is 13.0. The van der Waals surface area contributed by atoms with Gasteiger partial charge in [0.2, 0.25) is 10.0 Å². The molecule has 1 aliphatic heterocycles. The van der Waals surface area contributed by atoms with Crippen molar-refractivity contribution in [2.45, 2.75) is 12.5 Å². The zero-order valence-electron chi connectivity index (χ0n) is 15.6. The van der Waals surface area contributed by atoms with Crippen molar-refractivity contribution in [2.75, 3.05) is 17.1 Å². The molecule has 1 atom stereocenters. The molecule has 0 saturated carbocycles. The molecule has 4 rings (SSSR count). The van der Waals surface area contributed by atoms with Crippen LogP contribution >= 0.6 is 22.9 Å². The number of anilines is 1. The van der Waals surface area contributed by atoms with E-state index in [1.165, 1.54) is 10.6 Å². The Hall–Kier alpha value is -2.35. The number of sulfonamides is 1. The highest BCUT2D eigenvalue weighted by Crippen LogP contribution is 2.31. The summed E-state index contributed by atoms with van der Waals surface area (Å²) in [5, 5.41) is 7.71. The second-order valence-electron chi connectivity index (χ2n) is 6.94. The largest absolute Gasteiger partial charge is 0.341 e. The molecule has 0 saturated heterocycles. The predicted octanol–water partition coefficient (Wildman–Crippen LogP) is 4.24. The van der Waals surface area contributed by atoms with Gasteiger partial charge in [-0.2, -0.15) is 11.3 Å². The third-order valence-electron chi connectivity index (χ3n) is 4.95. The molecule has 1 N–H and O–H groups in total. The molecular weight excluding hydrogens is 428 g/mol. The molecule has 0 bridgehead atoms. The summed E-state index contributed by atoms with van der Waals surface area (Å²) in [6.07, 6.45) is 1.79. The van der Waals surface area contributed by atoms with E-state index in [0.29, 0.717) is 29.2 Å². The second kappa shape index (κ2) is 7.82. The van der Waals surface area contributed by atoms with Crippen LogP contribution in [-0.2, 0) is 16.4 Å². The van der Waals surface area contributed by atoms with Gasteiger partial charge in [-0.1, -0.05) is 23.7 Å². The maximum Gasteiger partial charge on any atom is 0.252 e. The number of rotatable bonds is 5. The topological polar surface area (TPSA) is 66.5 Å². The fraction of sp³-hybridized carbons (Fsp3) is 0.190. The van der Waals surface area contributed by atoms with E-state index in [4.69, 9.17) is 11.6 Å². The number of halogens is 1. The molecular formula is C21H19ClN2O3S2. The summed E-state index contributed by atoms with van der Waals surface area (Å²) in [5.74, 6) is -0.211. The molecule has 2 aromatic carbocycles. The number of nitrogens with one attached hydrogen (secondary N) is 1. The van der Waals surface area contributed by atoms with Gasteiger partial charge in [0.15, 0.2) is 0 Å². The van der Waals surface area contributed by atoms with E-state index in [2.05, 4.69) is 5.32 Å². The first-order valence-corrected chi connectivity index (χ1v) is 12.2. The number of nitrogens with zero attached hydrogens (tertiary/aromatic N) is 1. The molecule has 1 unspecified atom stereocenters. The van der Waals surface area contributed by atoms with Crippen LogP contribution in [0.2, 0.25) is 5.02 Å². The van der Waals surface area contributed by atoms with Crippen molar-refractivity contribution < 1.29 is 13.2 Å². The smallest absolute Gasteiger partial charge is 0.252 e. The number of benzene rings is 2. The number of carbonyl (C=O) groups is 1. The lowest BCUT2D eigenvalue weighted by Gasteiger charge is -2.19. The van der Waals surface area contributed by atoms with Crippen molar-refractivity contribution in [3.8, 4) is 0 Å². The van der Waals surface area contributed by atoms with Crippen LogP contribution in [0.3, 0.4) is 0 Å². The van der Waals surface area contributed by atoms with Gasteiger partial charge >= 0.3 is 0 Å². The van der Waals surface area contributed by atoms with Gasteiger partial charge in [-0.05, 0) is 70.3 Å². The molecule has 5 nitrogen and oxygen atoms in total. The van der Waals surface area contributed by atoms with Gasteiger partial charge in [0.05, 0.1) is 18.0 Å². The van der Waals surface area contributed by atoms with Crippen molar-refractivity contribution in [1.82, 2.24) is 5.32 Å². The number of hydrogen-bond donors (Lipinski definition) is 1. The van der Waals surface area contributed by atoms with E-state index in [9.17, 15) is 13.2 Å². The number of thiophene rings is 1. The van der Waals surface area contributed by atoms with Crippen LogP contribution in [0.25, 0.3) is 0 Å². The minimum Gasteiger partial charge on any atom is -0.341 e. The van der Waals surface area contributed by atoms with E-state index in [-0.39, 0.29) is 11.9 Å². The normalized spacial score (nSPS) is 14.5. The van der Waals surface area contributed by atoms with Crippen molar-refractivity contribution >= 4 is 44.6 Å². The van der Waals surface area contributed by atoms with Gasteiger partial charge in [-0.3, -0.25) is 9.10 Å². The summed E-state index contributed by atoms with van der Waals surface area (Å²) in [6.45, 7) is 0.404. The van der Waals surface area contributed by atoms with Crippen LogP contribution in [0.15, 0.2) is 59.3 Å². The fourth-order valence-corrected chi connectivity index (χ4v) is 5.30. The molecule has 0 spiro atoms. The number of amides is 1. The van der Waals surface area contributed by atoms with Crippen LogP contribution < -0.4 is 9.62 Å². The maximum atomic E-state index is 13.0. The van der Waals surface area contributed by atoms with Gasteiger partial charge in [0.25, 0.3) is 5.91 Å². The van der Waals surface area contributed by atoms with E-state index >= 15 is 0 Å². The Bertz CT molecular complexity index is 1140. The minimum absolute atomic E-state index is 0.211. The summed E-state index contributed by atoms with van der Waals surface area (Å²) >= 11 is 7.58. The third kappa shape index (κ3) is 4.17. The quantitative estimate of drug-likeness (QED) is 0.637. The SMILES string of the molecule is CS(=O)(=O)N1CCc2cc(C(=O)NC(c3ccc(Cl)cc3)c3ccsc3)ccc21. The Kier molecular flexibility index (Phi) is 5.38. The van der Waals surface area contributed by atoms with Gasteiger partial charge in [0.1, 0.15) is 0 Å². The van der Waals surface area contributed by atoms with Crippen LogP contribution in [0.5, 0.6) is 0 Å². The van der Waals surface area contributed by atoms with Gasteiger partial charge in [-0.15, -0.1) is 0 Å². The van der Waals surface area contributed by atoms with Gasteiger partial charge in [-0.25, -0.2) is 8.42 Å². The van der Waals surface area contributed by atoms with E-state index in [0.717, 1.165) is 16.7 Å². The average molecular weight is 447 g/mol. The third-order valence-corrected chi connectivity index (χ3v) is 7.08. The molecule has 1 aliphatic rings. The number of hydrogen-bond acceptors (Lipinski definition) is 4. The Labute approximate surface area is 179 Å². The Morgan fingerprint density at radius 2 is 1.90 bits per heavy atom. The summed E-state index contributed by atoms with van der Waals surface area (Å²) in [5.41, 5.74) is 3.95. The van der Waals surface area contributed by atoms with Gasteiger partial charge in [0, 0.05) is 17.1 Å². The van der Waals surface area contributed by atoms with Crippen molar-refractivity contribution in [1.29, 1.82) is 0 Å². The molecule has 29 heavy (non-hydrogen) atoms.